The lowest BCUT2D eigenvalue weighted by molar-refractivity contribution is 0.374. The third-order valence-electron chi connectivity index (χ3n) is 4.96. The van der Waals surface area contributed by atoms with Crippen LogP contribution in [0.3, 0.4) is 0 Å². The molecule has 0 unspecified atom stereocenters. The number of anilines is 1. The van der Waals surface area contributed by atoms with E-state index in [1.54, 1.807) is 0 Å². The van der Waals surface area contributed by atoms with E-state index in [4.69, 9.17) is 0 Å². The van der Waals surface area contributed by atoms with Crippen LogP contribution in [0.25, 0.3) is 5.69 Å². The number of rotatable bonds is 5. The maximum Gasteiger partial charge on any atom is 0.193 e. The molecule has 146 valence electrons. The second-order valence-corrected chi connectivity index (χ2v) is 7.70. The topological polar surface area (TPSA) is 48.7 Å². The summed E-state index contributed by atoms with van der Waals surface area (Å²) in [7, 11) is 1.86. The molecule has 1 aliphatic rings. The lowest BCUT2D eigenvalue weighted by Crippen LogP contribution is -2.52. The van der Waals surface area contributed by atoms with Crippen LogP contribution in [-0.2, 0) is 6.42 Å². The largest absolute Gasteiger partial charge is 0.360 e. The molecule has 1 aromatic carbocycles. The van der Waals surface area contributed by atoms with Crippen LogP contribution in [-0.4, -0.2) is 60.4 Å². The molecule has 1 N–H and O–H groups in total. The van der Waals surface area contributed by atoms with E-state index in [0.717, 1.165) is 50.8 Å². The standard InChI is InChI=1S/C21H26N6S/c1-22-21(26-13-11-25(12-14-26)20-8-5-15-28-20)23-10-9-18-16-24-27(17-18)19-6-3-2-4-7-19/h2-8,15-17H,9-14H2,1H3,(H,22,23). The van der Waals surface area contributed by atoms with Gasteiger partial charge in [0, 0.05) is 46.0 Å². The number of aliphatic imine (C=N–C) groups is 1. The Labute approximate surface area is 170 Å². The molecule has 0 amide bonds. The predicted octanol–water partition coefficient (Wildman–Crippen LogP) is 2.87. The summed E-state index contributed by atoms with van der Waals surface area (Å²) < 4.78 is 1.92. The van der Waals surface area contributed by atoms with Crippen molar-refractivity contribution in [1.29, 1.82) is 0 Å². The second-order valence-electron chi connectivity index (χ2n) is 6.78. The van der Waals surface area contributed by atoms with Gasteiger partial charge in [-0.05, 0) is 41.6 Å². The fourth-order valence-corrected chi connectivity index (χ4v) is 4.24. The van der Waals surface area contributed by atoms with Gasteiger partial charge in [0.2, 0.25) is 0 Å². The number of aromatic nitrogens is 2. The fraction of sp³-hybridized carbons (Fsp3) is 0.333. The number of nitrogens with one attached hydrogen (secondary N) is 1. The van der Waals surface area contributed by atoms with Crippen LogP contribution in [0.5, 0.6) is 0 Å². The maximum absolute atomic E-state index is 4.48. The van der Waals surface area contributed by atoms with Gasteiger partial charge in [0.25, 0.3) is 0 Å². The third kappa shape index (κ3) is 4.36. The highest BCUT2D eigenvalue weighted by atomic mass is 32.1. The van der Waals surface area contributed by atoms with Crippen LogP contribution in [0.15, 0.2) is 65.2 Å². The summed E-state index contributed by atoms with van der Waals surface area (Å²) in [6, 6.07) is 14.5. The van der Waals surface area contributed by atoms with E-state index in [-0.39, 0.29) is 0 Å². The summed E-state index contributed by atoms with van der Waals surface area (Å²) in [5.41, 5.74) is 2.30. The molecule has 0 saturated carbocycles. The van der Waals surface area contributed by atoms with Crippen molar-refractivity contribution in [2.45, 2.75) is 6.42 Å². The summed E-state index contributed by atoms with van der Waals surface area (Å²) in [5.74, 6) is 0.987. The molecule has 0 spiro atoms. The summed E-state index contributed by atoms with van der Waals surface area (Å²) >= 11 is 1.81. The highest BCUT2D eigenvalue weighted by Crippen LogP contribution is 2.22. The summed E-state index contributed by atoms with van der Waals surface area (Å²) in [4.78, 5) is 9.27. The van der Waals surface area contributed by atoms with Crippen molar-refractivity contribution < 1.29 is 0 Å². The van der Waals surface area contributed by atoms with Crippen LogP contribution in [0, 0.1) is 0 Å². The van der Waals surface area contributed by atoms with Gasteiger partial charge in [-0.15, -0.1) is 11.3 Å². The summed E-state index contributed by atoms with van der Waals surface area (Å²) in [6.07, 6.45) is 4.96. The monoisotopic (exact) mass is 394 g/mol. The van der Waals surface area contributed by atoms with E-state index in [1.165, 1.54) is 10.6 Å². The van der Waals surface area contributed by atoms with E-state index in [1.807, 2.05) is 47.5 Å². The Morgan fingerprint density at radius 2 is 1.93 bits per heavy atom. The summed E-state index contributed by atoms with van der Waals surface area (Å²) in [5, 5.41) is 11.5. The Morgan fingerprint density at radius 3 is 2.64 bits per heavy atom. The van der Waals surface area contributed by atoms with E-state index >= 15 is 0 Å². The molecule has 1 saturated heterocycles. The Hall–Kier alpha value is -2.80. The SMILES string of the molecule is CN=C(NCCc1cnn(-c2ccccc2)c1)N1CCN(c2cccs2)CC1. The van der Waals surface area contributed by atoms with Gasteiger partial charge in [-0.25, -0.2) is 4.68 Å². The maximum atomic E-state index is 4.48. The Balaban J connectivity index is 1.26. The second kappa shape index (κ2) is 8.93. The average molecular weight is 395 g/mol. The van der Waals surface area contributed by atoms with Gasteiger partial charge in [0.15, 0.2) is 5.96 Å². The molecule has 2 aromatic heterocycles. The molecule has 28 heavy (non-hydrogen) atoms. The lowest BCUT2D eigenvalue weighted by atomic mass is 10.2. The first-order chi connectivity index (χ1) is 13.8. The number of piperazine rings is 1. The first-order valence-electron chi connectivity index (χ1n) is 9.66. The Bertz CT molecular complexity index is 879. The van der Waals surface area contributed by atoms with Gasteiger partial charge in [0.05, 0.1) is 16.9 Å². The minimum Gasteiger partial charge on any atom is -0.360 e. The van der Waals surface area contributed by atoms with Crippen molar-refractivity contribution in [3.63, 3.8) is 0 Å². The third-order valence-corrected chi connectivity index (χ3v) is 5.89. The van der Waals surface area contributed by atoms with E-state index in [2.05, 4.69) is 61.1 Å². The minimum atomic E-state index is 0.846. The quantitative estimate of drug-likeness (QED) is 0.534. The molecular formula is C21H26N6S. The molecule has 7 heteroatoms. The van der Waals surface area contributed by atoms with Gasteiger partial charge in [-0.1, -0.05) is 18.2 Å². The summed E-state index contributed by atoms with van der Waals surface area (Å²) in [6.45, 7) is 4.89. The highest BCUT2D eigenvalue weighted by molar-refractivity contribution is 7.14. The number of thiophene rings is 1. The Morgan fingerprint density at radius 1 is 1.11 bits per heavy atom. The van der Waals surface area contributed by atoms with Crippen LogP contribution >= 0.6 is 11.3 Å². The number of benzene rings is 1. The van der Waals surface area contributed by atoms with Crippen molar-refractivity contribution in [1.82, 2.24) is 20.0 Å². The average Bonchev–Trinajstić information content (AvgIpc) is 3.45. The van der Waals surface area contributed by atoms with E-state index in [0.29, 0.717) is 0 Å². The molecule has 1 aliphatic heterocycles. The fourth-order valence-electron chi connectivity index (χ4n) is 3.45. The molecule has 0 aliphatic carbocycles. The van der Waals surface area contributed by atoms with Crippen molar-refractivity contribution >= 4 is 22.3 Å². The van der Waals surface area contributed by atoms with Crippen molar-refractivity contribution in [3.8, 4) is 5.69 Å². The highest BCUT2D eigenvalue weighted by Gasteiger charge is 2.20. The van der Waals surface area contributed by atoms with E-state index in [9.17, 15) is 0 Å². The molecule has 4 rings (SSSR count). The van der Waals surface area contributed by atoms with Gasteiger partial charge in [0.1, 0.15) is 0 Å². The predicted molar refractivity (Wildman–Crippen MR) is 117 cm³/mol. The molecule has 6 nitrogen and oxygen atoms in total. The number of para-hydroxylation sites is 1. The lowest BCUT2D eigenvalue weighted by Gasteiger charge is -2.37. The van der Waals surface area contributed by atoms with Crippen LogP contribution in [0.2, 0.25) is 0 Å². The first-order valence-corrected chi connectivity index (χ1v) is 10.5. The van der Waals surface area contributed by atoms with Crippen molar-refractivity contribution in [2.24, 2.45) is 4.99 Å². The van der Waals surface area contributed by atoms with Gasteiger partial charge >= 0.3 is 0 Å². The van der Waals surface area contributed by atoms with Crippen LogP contribution in [0.4, 0.5) is 5.00 Å². The molecule has 0 atom stereocenters. The van der Waals surface area contributed by atoms with Gasteiger partial charge in [-0.2, -0.15) is 5.10 Å². The molecule has 0 bridgehead atoms. The molecule has 0 radical (unpaired) electrons. The number of nitrogens with zero attached hydrogens (tertiary/aromatic N) is 5. The molecule has 1 fully saturated rings. The normalized spacial score (nSPS) is 15.1. The molecular weight excluding hydrogens is 368 g/mol. The van der Waals surface area contributed by atoms with Gasteiger partial charge in [-0.3, -0.25) is 4.99 Å². The van der Waals surface area contributed by atoms with Crippen molar-refractivity contribution in [3.05, 3.63) is 65.8 Å². The van der Waals surface area contributed by atoms with Crippen LogP contribution < -0.4 is 10.2 Å². The number of guanidine groups is 1. The van der Waals surface area contributed by atoms with Crippen molar-refractivity contribution in [2.75, 3.05) is 44.7 Å². The zero-order valence-corrected chi connectivity index (χ0v) is 17.0. The zero-order valence-electron chi connectivity index (χ0n) is 16.2. The Kier molecular flexibility index (Phi) is 5.92. The smallest absolute Gasteiger partial charge is 0.193 e. The molecule has 3 aromatic rings. The number of hydrogen-bond donors (Lipinski definition) is 1. The number of hydrogen-bond acceptors (Lipinski definition) is 4. The molecule has 3 heterocycles. The van der Waals surface area contributed by atoms with Crippen LogP contribution in [0.1, 0.15) is 5.56 Å². The zero-order chi connectivity index (χ0) is 19.2. The minimum absolute atomic E-state index is 0.846. The van der Waals surface area contributed by atoms with E-state index < -0.39 is 0 Å². The van der Waals surface area contributed by atoms with Gasteiger partial charge < -0.3 is 15.1 Å². The first kappa shape index (κ1) is 18.6.